The Morgan fingerprint density at radius 3 is 1.57 bits per heavy atom. The van der Waals surface area contributed by atoms with E-state index in [-0.39, 0.29) is 16.6 Å². The van der Waals surface area contributed by atoms with Gasteiger partial charge in [-0.2, -0.15) is 0 Å². The van der Waals surface area contributed by atoms with E-state index < -0.39 is 0 Å². The Labute approximate surface area is 475 Å². The quantitative estimate of drug-likeness (QED) is 0.137. The lowest BCUT2D eigenvalue weighted by molar-refractivity contribution is 0.483. The van der Waals surface area contributed by atoms with E-state index in [1.807, 2.05) is 18.3 Å². The van der Waals surface area contributed by atoms with Crippen molar-refractivity contribution in [2.24, 2.45) is 0 Å². The first-order chi connectivity index (χ1) is 39.0. The second kappa shape index (κ2) is 19.7. The highest BCUT2D eigenvalue weighted by Gasteiger charge is 2.34. The monoisotopic (exact) mass is 1060 g/mol. The summed E-state index contributed by atoms with van der Waals surface area (Å²) in [6, 6.07) is 71.1. The maximum atomic E-state index is 15.0. The SMILES string of the molecule is CC(C)c1cc(-c2cc(C(C)(C)C)cc(-c3ccc(F)cc3)c2N2CN(c3cc(Oc4ccc5c6ccccc6n(-c6cc(C(C)(C)C)ccn6)c5c4)cc(-n4c5ccccc5c5ccccc54)c3)c3ccccc32)cc(C(C)C)c1. The predicted octanol–water partition coefficient (Wildman–Crippen LogP) is 20.6. The zero-order chi connectivity index (χ0) is 56.1. The number of aromatic nitrogens is 3. The molecule has 9 aromatic carbocycles. The Morgan fingerprint density at radius 2 is 0.975 bits per heavy atom. The highest BCUT2D eigenvalue weighted by Crippen LogP contribution is 2.53. The molecule has 7 heteroatoms. The molecule has 6 nitrogen and oxygen atoms in total. The lowest BCUT2D eigenvalue weighted by Crippen LogP contribution is -2.25. The molecule has 0 fully saturated rings. The molecule has 0 amide bonds. The topological polar surface area (TPSA) is 38.5 Å². The molecule has 13 rings (SSSR count). The molecule has 0 spiro atoms. The van der Waals surface area contributed by atoms with Gasteiger partial charge in [-0.3, -0.25) is 4.57 Å². The summed E-state index contributed by atoms with van der Waals surface area (Å²) in [4.78, 5) is 9.89. The summed E-state index contributed by atoms with van der Waals surface area (Å²) in [5.74, 6) is 2.66. The second-order valence-corrected chi connectivity index (χ2v) is 24.7. The highest BCUT2D eigenvalue weighted by atomic mass is 19.1. The lowest BCUT2D eigenvalue weighted by atomic mass is 9.81. The van der Waals surface area contributed by atoms with Crippen molar-refractivity contribution in [3.8, 4) is 45.3 Å². The van der Waals surface area contributed by atoms with E-state index in [2.05, 4.69) is 264 Å². The molecule has 402 valence electrons. The number of ether oxygens (including phenoxy) is 1. The Balaban J connectivity index is 1.02. The van der Waals surface area contributed by atoms with Crippen molar-refractivity contribution in [2.75, 3.05) is 16.5 Å². The van der Waals surface area contributed by atoms with Crippen molar-refractivity contribution in [1.82, 2.24) is 14.1 Å². The third-order valence-electron chi connectivity index (χ3n) is 16.5. The highest BCUT2D eigenvalue weighted by molar-refractivity contribution is 6.11. The van der Waals surface area contributed by atoms with Crippen LogP contribution in [0.4, 0.5) is 27.1 Å². The number of benzene rings is 9. The van der Waals surface area contributed by atoms with Crippen LogP contribution in [0.5, 0.6) is 11.5 Å². The molecule has 0 bridgehead atoms. The van der Waals surface area contributed by atoms with Crippen LogP contribution in [-0.2, 0) is 10.8 Å². The summed E-state index contributed by atoms with van der Waals surface area (Å²) < 4.78 is 26.9. The Bertz CT molecular complexity index is 4330. The van der Waals surface area contributed by atoms with Gasteiger partial charge in [-0.15, -0.1) is 0 Å². The first-order valence-corrected chi connectivity index (χ1v) is 28.5. The van der Waals surface area contributed by atoms with Gasteiger partial charge in [0.25, 0.3) is 0 Å². The fourth-order valence-electron chi connectivity index (χ4n) is 12.1. The number of rotatable bonds is 10. The smallest absolute Gasteiger partial charge is 0.137 e. The molecule has 3 aromatic heterocycles. The molecule has 0 aliphatic carbocycles. The second-order valence-electron chi connectivity index (χ2n) is 24.7. The van der Waals surface area contributed by atoms with Crippen LogP contribution in [0.3, 0.4) is 0 Å². The minimum absolute atomic E-state index is 0.0578. The molecule has 1 aliphatic heterocycles. The minimum Gasteiger partial charge on any atom is -0.457 e. The van der Waals surface area contributed by atoms with E-state index in [4.69, 9.17) is 9.72 Å². The zero-order valence-corrected chi connectivity index (χ0v) is 48.0. The van der Waals surface area contributed by atoms with Crippen molar-refractivity contribution in [1.29, 1.82) is 0 Å². The van der Waals surface area contributed by atoms with Crippen LogP contribution in [0, 0.1) is 5.82 Å². The number of para-hydroxylation sites is 5. The van der Waals surface area contributed by atoms with Crippen LogP contribution in [0.2, 0.25) is 0 Å². The van der Waals surface area contributed by atoms with E-state index in [0.29, 0.717) is 30.0 Å². The van der Waals surface area contributed by atoms with Gasteiger partial charge in [-0.05, 0) is 141 Å². The lowest BCUT2D eigenvalue weighted by Gasteiger charge is -2.31. The fraction of sp³-hybridized carbons (Fsp3) is 0.203. The molecule has 0 saturated carbocycles. The van der Waals surface area contributed by atoms with Crippen LogP contribution in [0.15, 0.2) is 206 Å². The van der Waals surface area contributed by atoms with Gasteiger partial charge in [0, 0.05) is 62.8 Å². The van der Waals surface area contributed by atoms with Gasteiger partial charge < -0.3 is 19.1 Å². The van der Waals surface area contributed by atoms with Gasteiger partial charge in [-0.1, -0.05) is 166 Å². The van der Waals surface area contributed by atoms with Gasteiger partial charge >= 0.3 is 0 Å². The summed E-state index contributed by atoms with van der Waals surface area (Å²) in [6.45, 7) is 23.2. The Morgan fingerprint density at radius 1 is 0.444 bits per heavy atom. The van der Waals surface area contributed by atoms with Gasteiger partial charge in [0.2, 0.25) is 0 Å². The van der Waals surface area contributed by atoms with Gasteiger partial charge in [0.15, 0.2) is 0 Å². The van der Waals surface area contributed by atoms with E-state index in [0.717, 1.165) is 83.8 Å². The van der Waals surface area contributed by atoms with E-state index in [9.17, 15) is 4.39 Å². The zero-order valence-electron chi connectivity index (χ0n) is 48.0. The Hall–Kier alpha value is -8.94. The summed E-state index contributed by atoms with van der Waals surface area (Å²) in [5.41, 5.74) is 18.6. The maximum absolute atomic E-state index is 15.0. The molecule has 81 heavy (non-hydrogen) atoms. The van der Waals surface area contributed by atoms with Crippen LogP contribution < -0.4 is 14.5 Å². The predicted molar refractivity (Wildman–Crippen MR) is 338 cm³/mol. The van der Waals surface area contributed by atoms with Crippen molar-refractivity contribution >= 4 is 66.4 Å². The van der Waals surface area contributed by atoms with Crippen molar-refractivity contribution in [3.63, 3.8) is 0 Å². The summed E-state index contributed by atoms with van der Waals surface area (Å²) in [6.07, 6.45) is 1.93. The van der Waals surface area contributed by atoms with Gasteiger partial charge in [0.1, 0.15) is 29.8 Å². The number of fused-ring (bicyclic) bond motifs is 7. The van der Waals surface area contributed by atoms with Crippen molar-refractivity contribution in [2.45, 2.75) is 91.9 Å². The maximum Gasteiger partial charge on any atom is 0.137 e. The molecule has 1 aliphatic rings. The average Bonchev–Trinajstić information content (AvgIpc) is 3.95. The fourth-order valence-corrected chi connectivity index (χ4v) is 12.1. The third kappa shape index (κ3) is 9.19. The average molecular weight is 1060 g/mol. The van der Waals surface area contributed by atoms with E-state index in [1.54, 1.807) is 12.1 Å². The number of anilines is 4. The molecule has 12 aromatic rings. The van der Waals surface area contributed by atoms with Crippen LogP contribution in [-0.4, -0.2) is 20.8 Å². The molecule has 0 unspecified atom stereocenters. The Kier molecular flexibility index (Phi) is 12.5. The molecular weight excluding hydrogens is 994 g/mol. The molecular formula is C74H68FN5O. The van der Waals surface area contributed by atoms with Crippen LogP contribution >= 0.6 is 0 Å². The number of nitrogens with zero attached hydrogens (tertiary/aromatic N) is 5. The molecule has 0 atom stereocenters. The van der Waals surface area contributed by atoms with Gasteiger partial charge in [0.05, 0.1) is 44.8 Å². The normalized spacial score (nSPS) is 13.0. The first kappa shape index (κ1) is 51.5. The number of hydrogen-bond acceptors (Lipinski definition) is 4. The number of hydrogen-bond donors (Lipinski definition) is 0. The van der Waals surface area contributed by atoms with Gasteiger partial charge in [-0.25, -0.2) is 9.37 Å². The first-order valence-electron chi connectivity index (χ1n) is 28.5. The van der Waals surface area contributed by atoms with Crippen molar-refractivity contribution in [3.05, 3.63) is 234 Å². The summed E-state index contributed by atoms with van der Waals surface area (Å²) in [5, 5.41) is 4.65. The summed E-state index contributed by atoms with van der Waals surface area (Å²) in [7, 11) is 0. The van der Waals surface area contributed by atoms with E-state index in [1.165, 1.54) is 38.6 Å². The van der Waals surface area contributed by atoms with E-state index >= 15 is 0 Å². The third-order valence-corrected chi connectivity index (χ3v) is 16.5. The largest absolute Gasteiger partial charge is 0.457 e. The minimum atomic E-state index is -0.261. The molecule has 0 saturated heterocycles. The molecule has 0 N–H and O–H groups in total. The molecule has 4 heterocycles. The standard InChI is InChI=1S/C74H68FN5O/c1-46(2)49-35-50(47(3)4)37-51(36-49)64-39-53(74(8,9)10)38-63(48-27-29-54(75)30-28-48)72(64)78-45-77(68-25-17-18-26-69(68)78)55-41-56(79-65-22-14-11-19-59(65)60-20-12-15-23-66(60)79)43-58(42-55)81-57-31-32-62-61-21-13-16-24-67(61)80(70(62)44-57)71-40-52(33-34-76-71)73(5,6)7/h11-44,46-47H,45H2,1-10H3. The summed E-state index contributed by atoms with van der Waals surface area (Å²) >= 11 is 0. The van der Waals surface area contributed by atoms with Crippen molar-refractivity contribution < 1.29 is 9.13 Å². The van der Waals surface area contributed by atoms with Crippen LogP contribution in [0.1, 0.15) is 103 Å². The van der Waals surface area contributed by atoms with Crippen LogP contribution in [0.25, 0.3) is 77.4 Å². The number of pyridine rings is 1. The molecule has 0 radical (unpaired) electrons. The number of halogens is 1.